The molecule has 0 bridgehead atoms. The Morgan fingerprint density at radius 2 is 1.75 bits per heavy atom. The predicted octanol–water partition coefficient (Wildman–Crippen LogP) is 3.13. The van der Waals surface area contributed by atoms with E-state index in [2.05, 4.69) is 4.98 Å². The van der Waals surface area contributed by atoms with Crippen LogP contribution in [-0.4, -0.2) is 4.98 Å². The Morgan fingerprint density at radius 1 is 1.12 bits per heavy atom. The van der Waals surface area contributed by atoms with Crippen LogP contribution in [0.1, 0.15) is 28.6 Å². The molecular weight excluding hydrogens is 230 g/mol. The summed E-state index contributed by atoms with van der Waals surface area (Å²) in [6, 6.07) is 5.69. The summed E-state index contributed by atoms with van der Waals surface area (Å²) in [6.45, 7) is 0. The molecule has 1 heterocycles. The highest BCUT2D eigenvalue weighted by Gasteiger charge is 2.12. The smallest absolute Gasteiger partial charge is 0.263 e. The molecule has 5 heteroatoms. The van der Waals surface area contributed by atoms with Crippen LogP contribution in [0.2, 0.25) is 0 Å². The van der Waals surface area contributed by atoms with Gasteiger partial charge in [0.05, 0.1) is 6.04 Å². The standard InChI is InChI=1S/C11H10F2N2S/c12-10(13)8-3-1-7(2-4-8)9(14)11-15-5-6-16-11/h1-6,9-10H,14H2. The van der Waals surface area contributed by atoms with Crippen LogP contribution >= 0.6 is 11.3 Å². The number of rotatable bonds is 3. The highest BCUT2D eigenvalue weighted by atomic mass is 32.1. The van der Waals surface area contributed by atoms with Gasteiger partial charge in [-0.3, -0.25) is 0 Å². The average Bonchev–Trinajstić information content (AvgIpc) is 2.81. The summed E-state index contributed by atoms with van der Waals surface area (Å²) in [6.07, 6.45) is -0.766. The fourth-order valence-corrected chi connectivity index (χ4v) is 2.05. The van der Waals surface area contributed by atoms with Crippen molar-refractivity contribution in [2.75, 3.05) is 0 Å². The molecule has 0 aliphatic rings. The van der Waals surface area contributed by atoms with E-state index in [4.69, 9.17) is 5.73 Å². The van der Waals surface area contributed by atoms with Crippen LogP contribution in [0, 0.1) is 0 Å². The minimum Gasteiger partial charge on any atom is -0.318 e. The van der Waals surface area contributed by atoms with Crippen molar-refractivity contribution in [3.05, 3.63) is 52.0 Å². The van der Waals surface area contributed by atoms with Gasteiger partial charge in [-0.2, -0.15) is 0 Å². The zero-order valence-electron chi connectivity index (χ0n) is 8.31. The Kier molecular flexibility index (Phi) is 3.26. The lowest BCUT2D eigenvalue weighted by Gasteiger charge is -2.09. The molecule has 0 saturated carbocycles. The second-order valence-electron chi connectivity index (χ2n) is 3.32. The Bertz CT molecular complexity index is 440. The van der Waals surface area contributed by atoms with Gasteiger partial charge in [-0.1, -0.05) is 24.3 Å². The van der Waals surface area contributed by atoms with Crippen LogP contribution in [0.15, 0.2) is 35.8 Å². The number of nitrogens with zero attached hydrogens (tertiary/aromatic N) is 1. The summed E-state index contributed by atoms with van der Waals surface area (Å²) in [7, 11) is 0. The molecule has 1 aromatic heterocycles. The minimum atomic E-state index is -2.44. The number of benzene rings is 1. The van der Waals surface area contributed by atoms with Crippen LogP contribution < -0.4 is 5.73 Å². The van der Waals surface area contributed by atoms with Gasteiger partial charge in [0.2, 0.25) is 0 Å². The van der Waals surface area contributed by atoms with Gasteiger partial charge >= 0.3 is 0 Å². The van der Waals surface area contributed by atoms with E-state index >= 15 is 0 Å². The van der Waals surface area contributed by atoms with Crippen molar-refractivity contribution in [3.8, 4) is 0 Å². The van der Waals surface area contributed by atoms with Gasteiger partial charge in [0.1, 0.15) is 5.01 Å². The third kappa shape index (κ3) is 2.25. The van der Waals surface area contributed by atoms with Gasteiger partial charge < -0.3 is 5.73 Å². The molecule has 0 radical (unpaired) electrons. The molecule has 0 amide bonds. The van der Waals surface area contributed by atoms with E-state index in [1.165, 1.54) is 23.5 Å². The molecule has 0 aliphatic carbocycles. The Labute approximate surface area is 95.7 Å². The van der Waals surface area contributed by atoms with Crippen molar-refractivity contribution in [1.29, 1.82) is 0 Å². The largest absolute Gasteiger partial charge is 0.318 e. The molecule has 0 aliphatic heterocycles. The second kappa shape index (κ2) is 4.67. The van der Waals surface area contributed by atoms with Crippen molar-refractivity contribution in [2.24, 2.45) is 5.73 Å². The third-order valence-corrected chi connectivity index (χ3v) is 3.12. The van der Waals surface area contributed by atoms with E-state index in [0.717, 1.165) is 10.6 Å². The van der Waals surface area contributed by atoms with E-state index in [1.54, 1.807) is 18.3 Å². The monoisotopic (exact) mass is 240 g/mol. The zero-order chi connectivity index (χ0) is 11.5. The number of halogens is 2. The van der Waals surface area contributed by atoms with Crippen LogP contribution in [0.4, 0.5) is 8.78 Å². The molecule has 84 valence electrons. The first-order chi connectivity index (χ1) is 7.68. The van der Waals surface area contributed by atoms with Crippen molar-refractivity contribution >= 4 is 11.3 Å². The maximum absolute atomic E-state index is 12.3. The van der Waals surface area contributed by atoms with E-state index < -0.39 is 6.43 Å². The maximum atomic E-state index is 12.3. The van der Waals surface area contributed by atoms with Gasteiger partial charge in [0.25, 0.3) is 6.43 Å². The number of thiazole rings is 1. The Balaban J connectivity index is 2.22. The van der Waals surface area contributed by atoms with E-state index in [9.17, 15) is 8.78 Å². The van der Waals surface area contributed by atoms with E-state index in [-0.39, 0.29) is 11.6 Å². The van der Waals surface area contributed by atoms with Gasteiger partial charge in [-0.05, 0) is 5.56 Å². The molecule has 1 unspecified atom stereocenters. The maximum Gasteiger partial charge on any atom is 0.263 e. The van der Waals surface area contributed by atoms with Crippen LogP contribution in [0.25, 0.3) is 0 Å². The number of nitrogens with two attached hydrogens (primary N) is 1. The molecule has 2 rings (SSSR count). The molecule has 0 spiro atoms. The molecular formula is C11H10F2N2S. The first kappa shape index (κ1) is 11.2. The van der Waals surface area contributed by atoms with Crippen molar-refractivity contribution in [1.82, 2.24) is 4.98 Å². The van der Waals surface area contributed by atoms with Crippen LogP contribution in [-0.2, 0) is 0 Å². The molecule has 2 N–H and O–H groups in total. The van der Waals surface area contributed by atoms with Gasteiger partial charge in [-0.25, -0.2) is 13.8 Å². The fourth-order valence-electron chi connectivity index (χ4n) is 1.38. The lowest BCUT2D eigenvalue weighted by molar-refractivity contribution is 0.151. The zero-order valence-corrected chi connectivity index (χ0v) is 9.12. The topological polar surface area (TPSA) is 38.9 Å². The summed E-state index contributed by atoms with van der Waals surface area (Å²) in [5, 5.41) is 2.62. The number of hydrogen-bond donors (Lipinski definition) is 1. The number of hydrogen-bond acceptors (Lipinski definition) is 3. The van der Waals surface area contributed by atoms with Crippen molar-refractivity contribution < 1.29 is 8.78 Å². The second-order valence-corrected chi connectivity index (χ2v) is 4.24. The molecule has 2 nitrogen and oxygen atoms in total. The van der Waals surface area contributed by atoms with Gasteiger partial charge in [0.15, 0.2) is 0 Å². The van der Waals surface area contributed by atoms with Crippen LogP contribution in [0.3, 0.4) is 0 Å². The lowest BCUT2D eigenvalue weighted by Crippen LogP contribution is -2.11. The van der Waals surface area contributed by atoms with E-state index in [0.29, 0.717) is 0 Å². The first-order valence-electron chi connectivity index (χ1n) is 4.71. The van der Waals surface area contributed by atoms with E-state index in [1.807, 2.05) is 5.38 Å². The summed E-state index contributed by atoms with van der Waals surface area (Å²) in [5.74, 6) is 0. The molecule has 0 fully saturated rings. The SMILES string of the molecule is NC(c1ccc(C(F)F)cc1)c1nccs1. The highest BCUT2D eigenvalue weighted by molar-refractivity contribution is 7.09. The Hall–Kier alpha value is -1.33. The van der Waals surface area contributed by atoms with Crippen LogP contribution in [0.5, 0.6) is 0 Å². The predicted molar refractivity (Wildman–Crippen MR) is 59.5 cm³/mol. The van der Waals surface area contributed by atoms with Gasteiger partial charge in [0, 0.05) is 17.1 Å². The normalized spacial score (nSPS) is 13.0. The summed E-state index contributed by atoms with van der Waals surface area (Å²) in [5.41, 5.74) is 6.75. The Morgan fingerprint density at radius 3 is 2.25 bits per heavy atom. The summed E-state index contributed by atoms with van der Waals surface area (Å²) >= 11 is 1.45. The molecule has 1 atom stereocenters. The third-order valence-electron chi connectivity index (χ3n) is 2.27. The lowest BCUT2D eigenvalue weighted by atomic mass is 10.1. The quantitative estimate of drug-likeness (QED) is 0.895. The fraction of sp³-hybridized carbons (Fsp3) is 0.182. The van der Waals surface area contributed by atoms with Gasteiger partial charge in [-0.15, -0.1) is 11.3 Å². The average molecular weight is 240 g/mol. The highest BCUT2D eigenvalue weighted by Crippen LogP contribution is 2.24. The summed E-state index contributed by atoms with van der Waals surface area (Å²) in [4.78, 5) is 4.10. The van der Waals surface area contributed by atoms with Crippen molar-refractivity contribution in [3.63, 3.8) is 0 Å². The molecule has 1 aromatic carbocycles. The number of alkyl halides is 2. The summed E-state index contributed by atoms with van der Waals surface area (Å²) < 4.78 is 24.7. The number of aromatic nitrogens is 1. The molecule has 2 aromatic rings. The minimum absolute atomic E-state index is 0.00934. The van der Waals surface area contributed by atoms with Crippen molar-refractivity contribution in [2.45, 2.75) is 12.5 Å². The first-order valence-corrected chi connectivity index (χ1v) is 5.59. The molecule has 16 heavy (non-hydrogen) atoms. The molecule has 0 saturated heterocycles.